The average Bonchev–Trinajstić information content (AvgIpc) is 2.70. The molecule has 0 aliphatic carbocycles. The summed E-state index contributed by atoms with van der Waals surface area (Å²) in [4.78, 5) is 24.2. The second-order valence-corrected chi connectivity index (χ2v) is 7.03. The molecule has 0 fully saturated rings. The molecule has 3 aromatic carbocycles. The quantitative estimate of drug-likeness (QED) is 0.591. The number of rotatable bonds is 6. The van der Waals surface area contributed by atoms with Crippen LogP contribution in [0, 0.1) is 0 Å². The Morgan fingerprint density at radius 2 is 1.39 bits per heavy atom. The molecule has 0 aliphatic rings. The molecule has 0 heterocycles. The lowest BCUT2D eigenvalue weighted by atomic mass is 10.0. The van der Waals surface area contributed by atoms with Gasteiger partial charge in [0.1, 0.15) is 6.04 Å². The first kappa shape index (κ1) is 19.9. The lowest BCUT2D eigenvalue weighted by Crippen LogP contribution is -2.42. The van der Waals surface area contributed by atoms with E-state index in [0.717, 1.165) is 11.1 Å². The summed E-state index contributed by atoms with van der Waals surface area (Å²) in [5.74, 6) is -1.64. The van der Waals surface area contributed by atoms with E-state index in [-0.39, 0.29) is 6.42 Å². The summed E-state index contributed by atoms with van der Waals surface area (Å²) in [5.41, 5.74) is 2.86. The van der Waals surface area contributed by atoms with Gasteiger partial charge in [-0.2, -0.15) is 0 Å². The maximum absolute atomic E-state index is 12.5. The highest BCUT2D eigenvalue weighted by atomic mass is 35.5. The Morgan fingerprint density at radius 3 is 1.96 bits per heavy atom. The van der Waals surface area contributed by atoms with Gasteiger partial charge in [-0.1, -0.05) is 71.7 Å². The molecule has 3 rings (SSSR count). The predicted octanol–water partition coefficient (Wildman–Crippen LogP) is 5.09. The van der Waals surface area contributed by atoms with Crippen LogP contribution in [0.4, 0.5) is 0 Å². The molecule has 4 nitrogen and oxygen atoms in total. The number of hydrogen-bond acceptors (Lipinski definition) is 2. The van der Waals surface area contributed by atoms with Gasteiger partial charge in [0.2, 0.25) is 0 Å². The van der Waals surface area contributed by atoms with Crippen LogP contribution in [0.15, 0.2) is 72.8 Å². The summed E-state index contributed by atoms with van der Waals surface area (Å²) in [6.07, 6.45) is -0.0122. The van der Waals surface area contributed by atoms with Gasteiger partial charge in [0.05, 0.1) is 0 Å². The van der Waals surface area contributed by atoms with Gasteiger partial charge in [-0.3, -0.25) is 4.79 Å². The lowest BCUT2D eigenvalue weighted by molar-refractivity contribution is -0.139. The third-order valence-corrected chi connectivity index (χ3v) is 5.04. The number of halogens is 2. The maximum Gasteiger partial charge on any atom is 0.326 e. The zero-order valence-corrected chi connectivity index (χ0v) is 16.2. The molecule has 2 N–H and O–H groups in total. The SMILES string of the molecule is O=C(N[C@@H](Cc1c(Cl)cccc1Cl)C(=O)O)c1ccc(-c2ccccc2)cc1. The Balaban J connectivity index is 1.75. The fraction of sp³-hybridized carbons (Fsp3) is 0.0909. The molecule has 0 bridgehead atoms. The van der Waals surface area contributed by atoms with Gasteiger partial charge in [-0.15, -0.1) is 0 Å². The summed E-state index contributed by atoms with van der Waals surface area (Å²) in [6, 6.07) is 20.5. The van der Waals surface area contributed by atoms with E-state index < -0.39 is 17.9 Å². The van der Waals surface area contributed by atoms with Crippen LogP contribution in [0.5, 0.6) is 0 Å². The van der Waals surface area contributed by atoms with E-state index in [2.05, 4.69) is 5.32 Å². The van der Waals surface area contributed by atoms with Crippen LogP contribution in [0.2, 0.25) is 10.0 Å². The van der Waals surface area contributed by atoms with E-state index in [1.807, 2.05) is 42.5 Å². The molecule has 0 saturated heterocycles. The number of carbonyl (C=O) groups excluding carboxylic acids is 1. The Morgan fingerprint density at radius 1 is 0.821 bits per heavy atom. The van der Waals surface area contributed by atoms with Crippen LogP contribution in [0.1, 0.15) is 15.9 Å². The van der Waals surface area contributed by atoms with Crippen LogP contribution in [0.3, 0.4) is 0 Å². The Kier molecular flexibility index (Phi) is 6.34. The van der Waals surface area contributed by atoms with E-state index in [0.29, 0.717) is 21.2 Å². The van der Waals surface area contributed by atoms with Gasteiger partial charge >= 0.3 is 5.97 Å². The molecule has 6 heteroatoms. The highest BCUT2D eigenvalue weighted by molar-refractivity contribution is 6.36. The standard InChI is InChI=1S/C22H17Cl2NO3/c23-18-7-4-8-19(24)17(18)13-20(22(27)28)25-21(26)16-11-9-15(10-12-16)14-5-2-1-3-6-14/h1-12,20H,13H2,(H,25,26)(H,27,28)/t20-/m0/s1. The molecule has 3 aromatic rings. The molecule has 0 aromatic heterocycles. The number of carbonyl (C=O) groups is 2. The molecule has 0 aliphatic heterocycles. The molecule has 0 spiro atoms. The van der Waals surface area contributed by atoms with Crippen LogP contribution in [-0.4, -0.2) is 23.0 Å². The van der Waals surface area contributed by atoms with Crippen molar-refractivity contribution in [1.82, 2.24) is 5.32 Å². The summed E-state index contributed by atoms with van der Waals surface area (Å²) >= 11 is 12.2. The van der Waals surface area contributed by atoms with Gasteiger partial charge in [0.15, 0.2) is 0 Å². The van der Waals surface area contributed by atoms with Crippen LogP contribution >= 0.6 is 23.2 Å². The first-order chi connectivity index (χ1) is 13.5. The van der Waals surface area contributed by atoms with E-state index in [4.69, 9.17) is 23.2 Å². The van der Waals surface area contributed by atoms with Crippen molar-refractivity contribution >= 4 is 35.1 Å². The predicted molar refractivity (Wildman–Crippen MR) is 111 cm³/mol. The van der Waals surface area contributed by atoms with E-state index in [1.165, 1.54) is 0 Å². The lowest BCUT2D eigenvalue weighted by Gasteiger charge is -2.16. The number of benzene rings is 3. The molecule has 0 radical (unpaired) electrons. The summed E-state index contributed by atoms with van der Waals surface area (Å²) in [6.45, 7) is 0. The number of nitrogens with one attached hydrogen (secondary N) is 1. The molecule has 0 unspecified atom stereocenters. The van der Waals surface area contributed by atoms with Crippen molar-refractivity contribution in [3.63, 3.8) is 0 Å². The first-order valence-corrected chi connectivity index (χ1v) is 9.33. The second kappa shape index (κ2) is 8.91. The van der Waals surface area contributed by atoms with E-state index in [1.54, 1.807) is 30.3 Å². The van der Waals surface area contributed by atoms with Crippen molar-refractivity contribution < 1.29 is 14.7 Å². The van der Waals surface area contributed by atoms with Crippen molar-refractivity contribution in [2.75, 3.05) is 0 Å². The van der Waals surface area contributed by atoms with Crippen molar-refractivity contribution in [1.29, 1.82) is 0 Å². The van der Waals surface area contributed by atoms with E-state index in [9.17, 15) is 14.7 Å². The highest BCUT2D eigenvalue weighted by Crippen LogP contribution is 2.26. The average molecular weight is 414 g/mol. The number of carboxylic acids is 1. The molecular formula is C22H17Cl2NO3. The van der Waals surface area contributed by atoms with Gasteiger partial charge in [0, 0.05) is 22.0 Å². The van der Waals surface area contributed by atoms with Crippen molar-refractivity contribution in [3.8, 4) is 11.1 Å². The fourth-order valence-electron chi connectivity index (χ4n) is 2.82. The van der Waals surface area contributed by atoms with Crippen LogP contribution < -0.4 is 5.32 Å². The minimum Gasteiger partial charge on any atom is -0.480 e. The first-order valence-electron chi connectivity index (χ1n) is 8.58. The summed E-state index contributed by atoms with van der Waals surface area (Å²) in [7, 11) is 0. The summed E-state index contributed by atoms with van der Waals surface area (Å²) in [5, 5.41) is 12.8. The second-order valence-electron chi connectivity index (χ2n) is 6.21. The van der Waals surface area contributed by atoms with Crippen LogP contribution in [-0.2, 0) is 11.2 Å². The van der Waals surface area contributed by atoms with Crippen molar-refractivity contribution in [2.45, 2.75) is 12.5 Å². The molecule has 0 saturated carbocycles. The van der Waals surface area contributed by atoms with E-state index >= 15 is 0 Å². The molecule has 1 amide bonds. The third kappa shape index (κ3) is 4.71. The Labute approximate surface area is 172 Å². The van der Waals surface area contributed by atoms with Gasteiger partial charge in [-0.05, 0) is 41.0 Å². The van der Waals surface area contributed by atoms with Crippen molar-refractivity contribution in [3.05, 3.63) is 94.0 Å². The fourth-order valence-corrected chi connectivity index (χ4v) is 3.37. The number of amides is 1. The topological polar surface area (TPSA) is 66.4 Å². The molecule has 1 atom stereocenters. The molecule has 28 heavy (non-hydrogen) atoms. The summed E-state index contributed by atoms with van der Waals surface area (Å²) < 4.78 is 0. The zero-order valence-electron chi connectivity index (χ0n) is 14.7. The highest BCUT2D eigenvalue weighted by Gasteiger charge is 2.23. The minimum absolute atomic E-state index is 0.0122. The van der Waals surface area contributed by atoms with Gasteiger partial charge < -0.3 is 10.4 Å². The largest absolute Gasteiger partial charge is 0.480 e. The zero-order chi connectivity index (χ0) is 20.1. The minimum atomic E-state index is -1.16. The van der Waals surface area contributed by atoms with Gasteiger partial charge in [0.25, 0.3) is 5.91 Å². The Hall–Kier alpha value is -2.82. The maximum atomic E-state index is 12.5. The van der Waals surface area contributed by atoms with Crippen molar-refractivity contribution in [2.24, 2.45) is 0 Å². The third-order valence-electron chi connectivity index (χ3n) is 4.33. The smallest absolute Gasteiger partial charge is 0.326 e. The van der Waals surface area contributed by atoms with Crippen LogP contribution in [0.25, 0.3) is 11.1 Å². The molecule has 142 valence electrons. The normalized spacial score (nSPS) is 11.6. The van der Waals surface area contributed by atoms with Gasteiger partial charge in [-0.25, -0.2) is 4.79 Å². The monoisotopic (exact) mass is 413 g/mol. The molecular weight excluding hydrogens is 397 g/mol. The number of aliphatic carboxylic acids is 1. The number of carboxylic acid groups (broad SMARTS) is 1. The number of hydrogen-bond donors (Lipinski definition) is 2. The Bertz CT molecular complexity index is 968.